The van der Waals surface area contributed by atoms with Crippen molar-refractivity contribution in [2.75, 3.05) is 7.11 Å². The van der Waals surface area contributed by atoms with Crippen molar-refractivity contribution in [3.05, 3.63) is 35.9 Å². The molecule has 1 aliphatic rings. The van der Waals surface area contributed by atoms with Gasteiger partial charge in [-0.15, -0.1) is 0 Å². The van der Waals surface area contributed by atoms with Crippen molar-refractivity contribution in [2.45, 2.75) is 43.9 Å². The number of hydrogen-bond acceptors (Lipinski definition) is 3. The zero-order valence-electron chi connectivity index (χ0n) is 11.6. The average molecular weight is 262 g/mol. The number of carbonyl (C=O) groups is 1. The van der Waals surface area contributed by atoms with E-state index in [1.165, 1.54) is 0 Å². The van der Waals surface area contributed by atoms with Crippen LogP contribution < -0.4 is 11.1 Å². The van der Waals surface area contributed by atoms with E-state index in [9.17, 15) is 4.79 Å². The summed E-state index contributed by atoms with van der Waals surface area (Å²) in [6, 6.07) is 9.63. The Kier molecular flexibility index (Phi) is 4.22. The first-order chi connectivity index (χ1) is 9.04. The molecule has 104 valence electrons. The van der Waals surface area contributed by atoms with Crippen LogP contribution in [0.5, 0.6) is 0 Å². The van der Waals surface area contributed by atoms with Crippen molar-refractivity contribution < 1.29 is 9.53 Å². The lowest BCUT2D eigenvalue weighted by atomic mass is 9.92. The molecule has 1 aromatic rings. The molecule has 1 fully saturated rings. The van der Waals surface area contributed by atoms with Crippen molar-refractivity contribution in [2.24, 2.45) is 5.73 Å². The largest absolute Gasteiger partial charge is 0.381 e. The second-order valence-electron chi connectivity index (χ2n) is 5.41. The standard InChI is InChI=1S/C15H22N2O2/c1-15(16,11-6-4-3-5-7-11)14(18)17-12-8-9-13(10-12)19-2/h3-7,12-13H,8-10,16H2,1-2H3,(H,17,18). The van der Waals surface area contributed by atoms with Crippen LogP contribution in [-0.4, -0.2) is 25.2 Å². The molecule has 0 spiro atoms. The van der Waals surface area contributed by atoms with Gasteiger partial charge in [0.25, 0.3) is 0 Å². The second kappa shape index (κ2) is 5.72. The topological polar surface area (TPSA) is 64.3 Å². The highest BCUT2D eigenvalue weighted by Gasteiger charge is 2.34. The Bertz CT molecular complexity index is 431. The van der Waals surface area contributed by atoms with Gasteiger partial charge in [0.15, 0.2) is 0 Å². The Morgan fingerprint density at radius 2 is 2.05 bits per heavy atom. The summed E-state index contributed by atoms with van der Waals surface area (Å²) in [5.74, 6) is -0.125. The molecule has 4 nitrogen and oxygen atoms in total. The minimum atomic E-state index is -0.994. The Labute approximate surface area is 114 Å². The van der Waals surface area contributed by atoms with Gasteiger partial charge in [0, 0.05) is 13.2 Å². The van der Waals surface area contributed by atoms with Crippen LogP contribution in [0.25, 0.3) is 0 Å². The van der Waals surface area contributed by atoms with Crippen LogP contribution >= 0.6 is 0 Å². The van der Waals surface area contributed by atoms with Crippen molar-refractivity contribution in [1.82, 2.24) is 5.32 Å². The minimum absolute atomic E-state index is 0.125. The lowest BCUT2D eigenvalue weighted by Gasteiger charge is -2.26. The molecule has 3 N–H and O–H groups in total. The highest BCUT2D eigenvalue weighted by molar-refractivity contribution is 5.87. The summed E-state index contributed by atoms with van der Waals surface area (Å²) in [6.07, 6.45) is 3.07. The third kappa shape index (κ3) is 3.14. The van der Waals surface area contributed by atoms with Crippen LogP contribution in [0.4, 0.5) is 0 Å². The van der Waals surface area contributed by atoms with Crippen molar-refractivity contribution in [3.8, 4) is 0 Å². The molecule has 1 amide bonds. The molecule has 19 heavy (non-hydrogen) atoms. The predicted molar refractivity (Wildman–Crippen MR) is 74.6 cm³/mol. The molecular weight excluding hydrogens is 240 g/mol. The molecule has 4 heteroatoms. The van der Waals surface area contributed by atoms with Gasteiger partial charge in [-0.25, -0.2) is 0 Å². The number of benzene rings is 1. The summed E-state index contributed by atoms with van der Waals surface area (Å²) in [7, 11) is 1.71. The van der Waals surface area contributed by atoms with Crippen molar-refractivity contribution >= 4 is 5.91 Å². The van der Waals surface area contributed by atoms with Crippen molar-refractivity contribution in [3.63, 3.8) is 0 Å². The fraction of sp³-hybridized carbons (Fsp3) is 0.533. The van der Waals surface area contributed by atoms with Gasteiger partial charge < -0.3 is 15.8 Å². The number of nitrogens with one attached hydrogen (secondary N) is 1. The SMILES string of the molecule is COC1CCC(NC(=O)C(C)(N)c2ccccc2)C1. The van der Waals surface area contributed by atoms with E-state index < -0.39 is 5.54 Å². The number of methoxy groups -OCH3 is 1. The minimum Gasteiger partial charge on any atom is -0.381 e. The third-order valence-electron chi connectivity index (χ3n) is 3.90. The van der Waals surface area contributed by atoms with Gasteiger partial charge in [0.1, 0.15) is 5.54 Å². The van der Waals surface area contributed by atoms with Gasteiger partial charge in [-0.3, -0.25) is 4.79 Å². The summed E-state index contributed by atoms with van der Waals surface area (Å²) < 4.78 is 5.31. The normalized spacial score (nSPS) is 25.8. The first-order valence-corrected chi connectivity index (χ1v) is 6.72. The molecule has 0 radical (unpaired) electrons. The lowest BCUT2D eigenvalue weighted by Crippen LogP contribution is -2.51. The van der Waals surface area contributed by atoms with Gasteiger partial charge in [-0.05, 0) is 31.7 Å². The summed E-state index contributed by atoms with van der Waals surface area (Å²) in [5, 5.41) is 3.04. The number of nitrogens with two attached hydrogens (primary N) is 1. The van der Waals surface area contributed by atoms with Crippen LogP contribution in [0.2, 0.25) is 0 Å². The molecule has 0 aliphatic heterocycles. The second-order valence-corrected chi connectivity index (χ2v) is 5.41. The Hall–Kier alpha value is -1.39. The van der Waals surface area contributed by atoms with Crippen molar-refractivity contribution in [1.29, 1.82) is 0 Å². The molecule has 0 bridgehead atoms. The average Bonchev–Trinajstić information content (AvgIpc) is 2.87. The fourth-order valence-corrected chi connectivity index (χ4v) is 2.54. The molecule has 0 heterocycles. The molecular formula is C15H22N2O2. The van der Waals surface area contributed by atoms with E-state index in [0.717, 1.165) is 24.8 Å². The predicted octanol–water partition coefficient (Wildman–Crippen LogP) is 1.54. The number of ether oxygens (including phenoxy) is 1. The van der Waals surface area contributed by atoms with E-state index >= 15 is 0 Å². The first kappa shape index (κ1) is 14.0. The van der Waals surface area contributed by atoms with Crippen LogP contribution in [-0.2, 0) is 15.1 Å². The molecule has 2 rings (SSSR count). The van der Waals surface area contributed by atoms with Crippen LogP contribution in [0, 0.1) is 0 Å². The monoisotopic (exact) mass is 262 g/mol. The Morgan fingerprint density at radius 3 is 2.63 bits per heavy atom. The van der Waals surface area contributed by atoms with Gasteiger partial charge in [0.05, 0.1) is 6.10 Å². The molecule has 0 aromatic heterocycles. The van der Waals surface area contributed by atoms with Gasteiger partial charge >= 0.3 is 0 Å². The molecule has 1 aromatic carbocycles. The molecule has 3 atom stereocenters. The van der Waals surface area contributed by atoms with E-state index in [1.54, 1.807) is 14.0 Å². The smallest absolute Gasteiger partial charge is 0.244 e. The Morgan fingerprint density at radius 1 is 1.37 bits per heavy atom. The fourth-order valence-electron chi connectivity index (χ4n) is 2.54. The summed E-state index contributed by atoms with van der Waals surface area (Å²) >= 11 is 0. The molecule has 1 aliphatic carbocycles. The molecule has 3 unspecified atom stereocenters. The lowest BCUT2D eigenvalue weighted by molar-refractivity contribution is -0.126. The maximum Gasteiger partial charge on any atom is 0.244 e. The number of rotatable bonds is 4. The number of amides is 1. The zero-order valence-corrected chi connectivity index (χ0v) is 11.6. The zero-order chi connectivity index (χ0) is 13.9. The Balaban J connectivity index is 2.00. The highest BCUT2D eigenvalue weighted by atomic mass is 16.5. The number of carbonyl (C=O) groups excluding carboxylic acids is 1. The van der Waals surface area contributed by atoms with E-state index in [4.69, 9.17) is 10.5 Å². The van der Waals surface area contributed by atoms with Gasteiger partial charge in [0.2, 0.25) is 5.91 Å². The summed E-state index contributed by atoms with van der Waals surface area (Å²) in [4.78, 5) is 12.3. The van der Waals surface area contributed by atoms with Gasteiger partial charge in [-0.1, -0.05) is 30.3 Å². The van der Waals surface area contributed by atoms with Crippen LogP contribution in [0.15, 0.2) is 30.3 Å². The maximum atomic E-state index is 12.3. The highest BCUT2D eigenvalue weighted by Crippen LogP contribution is 2.23. The van der Waals surface area contributed by atoms with E-state index in [1.807, 2.05) is 30.3 Å². The molecule has 1 saturated carbocycles. The number of hydrogen-bond donors (Lipinski definition) is 2. The van der Waals surface area contributed by atoms with E-state index in [-0.39, 0.29) is 18.1 Å². The quantitative estimate of drug-likeness (QED) is 0.865. The third-order valence-corrected chi connectivity index (χ3v) is 3.90. The molecule has 0 saturated heterocycles. The van der Waals surface area contributed by atoms with E-state index in [0.29, 0.717) is 0 Å². The van der Waals surface area contributed by atoms with Crippen LogP contribution in [0.1, 0.15) is 31.7 Å². The van der Waals surface area contributed by atoms with Gasteiger partial charge in [-0.2, -0.15) is 0 Å². The van der Waals surface area contributed by atoms with E-state index in [2.05, 4.69) is 5.32 Å². The summed E-state index contributed by atoms with van der Waals surface area (Å²) in [5.41, 5.74) is 6.02. The first-order valence-electron chi connectivity index (χ1n) is 6.72. The summed E-state index contributed by atoms with van der Waals surface area (Å²) in [6.45, 7) is 1.75. The van der Waals surface area contributed by atoms with Crippen LogP contribution in [0.3, 0.4) is 0 Å². The maximum absolute atomic E-state index is 12.3.